The molecule has 0 aromatic rings. The molecule has 4 saturated carbocycles. The summed E-state index contributed by atoms with van der Waals surface area (Å²) in [5.74, 6) is 5.89. The fourth-order valence-corrected chi connectivity index (χ4v) is 10.2. The zero-order chi connectivity index (χ0) is 20.9. The van der Waals surface area contributed by atoms with Gasteiger partial charge in [0, 0.05) is 25.3 Å². The van der Waals surface area contributed by atoms with Crippen LogP contribution in [0.1, 0.15) is 91.9 Å². The van der Waals surface area contributed by atoms with Crippen LogP contribution in [-0.4, -0.2) is 24.2 Å². The van der Waals surface area contributed by atoms with E-state index in [9.17, 15) is 4.79 Å². The summed E-state index contributed by atoms with van der Waals surface area (Å²) in [4.78, 5) is 12.2. The van der Waals surface area contributed by atoms with Crippen LogP contribution in [0.5, 0.6) is 0 Å². The van der Waals surface area contributed by atoms with Gasteiger partial charge in [-0.2, -0.15) is 0 Å². The van der Waals surface area contributed by atoms with Crippen LogP contribution in [0.15, 0.2) is 0 Å². The first-order valence-electron chi connectivity index (χ1n) is 13.2. The van der Waals surface area contributed by atoms with Crippen molar-refractivity contribution in [1.82, 2.24) is 5.32 Å². The van der Waals surface area contributed by atoms with E-state index in [0.717, 1.165) is 55.4 Å². The Kier molecular flexibility index (Phi) is 4.42. The van der Waals surface area contributed by atoms with Crippen LogP contribution < -0.4 is 5.32 Å². The predicted molar refractivity (Wildman–Crippen MR) is 119 cm³/mol. The Morgan fingerprint density at radius 2 is 1.80 bits per heavy atom. The Morgan fingerprint density at radius 3 is 2.57 bits per heavy atom. The number of rotatable bonds is 0. The molecule has 0 amide bonds. The summed E-state index contributed by atoms with van der Waals surface area (Å²) < 4.78 is 7.00. The lowest BCUT2D eigenvalue weighted by atomic mass is 9.44. The van der Waals surface area contributed by atoms with Crippen molar-refractivity contribution in [2.24, 2.45) is 52.3 Å². The average molecular weight is 414 g/mol. The van der Waals surface area contributed by atoms with Gasteiger partial charge >= 0.3 is 0 Å². The number of Topliss-reactive ketones (excluding diaryl/α,β-unsaturated/α-hetero) is 1. The minimum absolute atomic E-state index is 0.0416. The van der Waals surface area contributed by atoms with Gasteiger partial charge in [-0.05, 0) is 97.7 Å². The second-order valence-electron chi connectivity index (χ2n) is 13.1. The molecule has 6 rings (SSSR count). The van der Waals surface area contributed by atoms with Gasteiger partial charge in [0.2, 0.25) is 0 Å². The molecule has 0 bridgehead atoms. The van der Waals surface area contributed by atoms with Crippen LogP contribution in [0.3, 0.4) is 0 Å². The van der Waals surface area contributed by atoms with Crippen molar-refractivity contribution < 1.29 is 9.53 Å². The molecule has 6 aliphatic rings. The van der Waals surface area contributed by atoms with E-state index >= 15 is 0 Å². The van der Waals surface area contributed by atoms with Gasteiger partial charge in [-0.25, -0.2) is 0 Å². The van der Waals surface area contributed by atoms with Crippen LogP contribution in [-0.2, 0) is 9.53 Å². The largest absolute Gasteiger partial charge is 0.357 e. The zero-order valence-corrected chi connectivity index (χ0v) is 19.7. The first-order chi connectivity index (χ1) is 14.3. The highest BCUT2D eigenvalue weighted by Gasteiger charge is 2.68. The number of carbonyl (C=O) groups is 1. The molecule has 4 aliphatic carbocycles. The third-order valence-corrected chi connectivity index (χ3v) is 12.0. The lowest BCUT2D eigenvalue weighted by molar-refractivity contribution is -0.144. The van der Waals surface area contributed by atoms with Gasteiger partial charge in [0.15, 0.2) is 0 Å². The van der Waals surface area contributed by atoms with Crippen LogP contribution in [0, 0.1) is 52.3 Å². The monoisotopic (exact) mass is 413 g/mol. The van der Waals surface area contributed by atoms with Crippen LogP contribution in [0.4, 0.5) is 0 Å². The summed E-state index contributed by atoms with van der Waals surface area (Å²) in [6.45, 7) is 11.2. The van der Waals surface area contributed by atoms with Crippen molar-refractivity contribution in [3.8, 4) is 0 Å². The Labute approximate surface area is 183 Å². The van der Waals surface area contributed by atoms with E-state index in [1.165, 1.54) is 44.9 Å². The number of fused-ring (bicyclic) bond motifs is 7. The lowest BCUT2D eigenvalue weighted by Gasteiger charge is -2.60. The number of nitrogens with one attached hydrogen (secondary N) is 1. The summed E-state index contributed by atoms with van der Waals surface area (Å²) in [5, 5.41) is 3.88. The third-order valence-electron chi connectivity index (χ3n) is 12.0. The highest BCUT2D eigenvalue weighted by atomic mass is 16.5. The van der Waals surface area contributed by atoms with Crippen molar-refractivity contribution >= 4 is 5.78 Å². The Balaban J connectivity index is 1.26. The number of piperidine rings is 1. The molecule has 2 aliphatic heterocycles. The molecule has 0 aromatic carbocycles. The standard InChI is InChI=1S/C27H43NO2/c1-16-7-12-27(28-15-16)17(2)24-23(30-27)14-22-20-6-5-18-13-19(29)8-10-25(18,3)21(20)9-11-26(22,24)4/h16-18,20-24,28H,5-15H2,1-4H3/t16-,17?,18?,20+,21?,22?,23?,24?,25-,26-,27-/m0/s1. The number of ketones is 1. The van der Waals surface area contributed by atoms with Crippen molar-refractivity contribution in [3.63, 3.8) is 0 Å². The maximum absolute atomic E-state index is 12.2. The van der Waals surface area contributed by atoms with Gasteiger partial charge < -0.3 is 4.74 Å². The zero-order valence-electron chi connectivity index (χ0n) is 19.7. The number of carbonyl (C=O) groups excluding carboxylic acids is 1. The first kappa shape index (κ1) is 20.2. The van der Waals surface area contributed by atoms with Gasteiger partial charge in [-0.3, -0.25) is 10.1 Å². The third kappa shape index (κ3) is 2.54. The second kappa shape index (κ2) is 6.56. The summed E-state index contributed by atoms with van der Waals surface area (Å²) >= 11 is 0. The highest BCUT2D eigenvalue weighted by Crippen LogP contribution is 2.70. The molecule has 0 aromatic heterocycles. The van der Waals surface area contributed by atoms with Crippen molar-refractivity contribution in [1.29, 1.82) is 0 Å². The summed E-state index contributed by atoms with van der Waals surface area (Å²) in [5.41, 5.74) is 0.831. The van der Waals surface area contributed by atoms with Crippen LogP contribution in [0.2, 0.25) is 0 Å². The first-order valence-corrected chi connectivity index (χ1v) is 13.2. The molecule has 3 heteroatoms. The minimum Gasteiger partial charge on any atom is -0.357 e. The molecule has 3 nitrogen and oxygen atoms in total. The molecule has 2 saturated heterocycles. The van der Waals surface area contributed by atoms with Crippen LogP contribution in [0.25, 0.3) is 0 Å². The van der Waals surface area contributed by atoms with E-state index in [2.05, 4.69) is 33.0 Å². The smallest absolute Gasteiger partial charge is 0.133 e. The van der Waals surface area contributed by atoms with E-state index in [-0.39, 0.29) is 5.72 Å². The quantitative estimate of drug-likeness (QED) is 0.564. The molecular weight excluding hydrogens is 370 g/mol. The molecule has 1 N–H and O–H groups in total. The Bertz CT molecular complexity index is 726. The van der Waals surface area contributed by atoms with Crippen molar-refractivity contribution in [3.05, 3.63) is 0 Å². The van der Waals surface area contributed by atoms with Gasteiger partial charge in [-0.15, -0.1) is 0 Å². The molecule has 1 spiro atoms. The SMILES string of the molecule is CC1C2C(CC3[C@@H]4CCC5CC(=O)CC[C@]5(C)C4CC[C@]23C)O[C@@]12CC[C@H](C)CN2. The highest BCUT2D eigenvalue weighted by molar-refractivity contribution is 5.79. The number of ether oxygens (including phenoxy) is 1. The summed E-state index contributed by atoms with van der Waals surface area (Å²) in [6.07, 6.45) is 12.6. The molecule has 6 fully saturated rings. The predicted octanol–water partition coefficient (Wildman–Crippen LogP) is 5.58. The summed E-state index contributed by atoms with van der Waals surface area (Å²) in [7, 11) is 0. The maximum Gasteiger partial charge on any atom is 0.133 e. The molecule has 11 atom stereocenters. The van der Waals surface area contributed by atoms with E-state index < -0.39 is 0 Å². The van der Waals surface area contributed by atoms with Gasteiger partial charge in [0.1, 0.15) is 11.5 Å². The van der Waals surface area contributed by atoms with Crippen molar-refractivity contribution in [2.45, 2.75) is 104 Å². The normalized spacial score (nSPS) is 60.1. The molecule has 0 radical (unpaired) electrons. The second-order valence-corrected chi connectivity index (χ2v) is 13.1. The van der Waals surface area contributed by atoms with Gasteiger partial charge in [0.05, 0.1) is 6.10 Å². The van der Waals surface area contributed by atoms with E-state index in [1.54, 1.807) is 0 Å². The Morgan fingerprint density at radius 1 is 0.967 bits per heavy atom. The number of hydrogen-bond acceptors (Lipinski definition) is 3. The van der Waals surface area contributed by atoms with Crippen LogP contribution >= 0.6 is 0 Å². The lowest BCUT2D eigenvalue weighted by Crippen LogP contribution is -2.57. The minimum atomic E-state index is -0.0416. The average Bonchev–Trinajstić information content (AvgIpc) is 3.16. The molecule has 6 unspecified atom stereocenters. The molecule has 30 heavy (non-hydrogen) atoms. The number of hydrogen-bond donors (Lipinski definition) is 1. The van der Waals surface area contributed by atoms with Crippen molar-refractivity contribution in [2.75, 3.05) is 6.54 Å². The van der Waals surface area contributed by atoms with E-state index in [1.807, 2.05) is 0 Å². The Hall–Kier alpha value is -0.410. The van der Waals surface area contributed by atoms with Gasteiger partial charge in [-0.1, -0.05) is 27.7 Å². The van der Waals surface area contributed by atoms with Gasteiger partial charge in [0.25, 0.3) is 0 Å². The molecule has 2 heterocycles. The molecule has 168 valence electrons. The maximum atomic E-state index is 12.2. The topological polar surface area (TPSA) is 38.3 Å². The van der Waals surface area contributed by atoms with E-state index in [4.69, 9.17) is 4.74 Å². The fraction of sp³-hybridized carbons (Fsp3) is 0.963. The fourth-order valence-electron chi connectivity index (χ4n) is 10.2. The molecular formula is C27H43NO2. The summed E-state index contributed by atoms with van der Waals surface area (Å²) in [6, 6.07) is 0. The van der Waals surface area contributed by atoms with E-state index in [0.29, 0.717) is 34.6 Å².